The number of nitrogens with zero attached hydrogens (tertiary/aromatic N) is 5. The average Bonchev–Trinajstić information content (AvgIpc) is 3.29. The van der Waals surface area contributed by atoms with Crippen molar-refractivity contribution in [1.29, 1.82) is 0 Å². The highest BCUT2D eigenvalue weighted by Crippen LogP contribution is 2.34. The van der Waals surface area contributed by atoms with Crippen molar-refractivity contribution < 1.29 is 9.47 Å². The molecule has 1 spiro atoms. The lowest BCUT2D eigenvalue weighted by atomic mass is 10.0. The van der Waals surface area contributed by atoms with Crippen LogP contribution in [0.25, 0.3) is 16.7 Å². The molecule has 0 amide bonds. The molecule has 2 saturated heterocycles. The fourth-order valence-corrected chi connectivity index (χ4v) is 3.74. The standard InChI is InChI=1S/C18H19N5O2/c1-2-5-14(6-3-1)23-17-15(11-21-23)16(19-13-20-17)22-8-4-7-18(12-22)24-9-10-25-18/h1-3,5-6,11,13H,4,7-10,12H2. The van der Waals surface area contributed by atoms with Gasteiger partial charge in [0.2, 0.25) is 0 Å². The molecule has 25 heavy (non-hydrogen) atoms. The first kappa shape index (κ1) is 14.8. The zero-order chi connectivity index (χ0) is 16.7. The van der Waals surface area contributed by atoms with Crippen LogP contribution in [0.15, 0.2) is 42.9 Å². The van der Waals surface area contributed by atoms with Gasteiger partial charge in [0, 0.05) is 13.0 Å². The number of anilines is 1. The van der Waals surface area contributed by atoms with Crippen LogP contribution < -0.4 is 4.90 Å². The van der Waals surface area contributed by atoms with E-state index in [4.69, 9.17) is 9.47 Å². The van der Waals surface area contributed by atoms with Crippen molar-refractivity contribution in [2.24, 2.45) is 0 Å². The number of para-hydroxylation sites is 1. The van der Waals surface area contributed by atoms with Crippen molar-refractivity contribution in [3.05, 3.63) is 42.9 Å². The van der Waals surface area contributed by atoms with Gasteiger partial charge in [0.15, 0.2) is 11.4 Å². The number of hydrogen-bond donors (Lipinski definition) is 0. The van der Waals surface area contributed by atoms with Gasteiger partial charge in [-0.25, -0.2) is 14.6 Å². The summed E-state index contributed by atoms with van der Waals surface area (Å²) in [5.74, 6) is 0.413. The van der Waals surface area contributed by atoms with Gasteiger partial charge in [-0.2, -0.15) is 5.10 Å². The minimum atomic E-state index is -0.481. The summed E-state index contributed by atoms with van der Waals surface area (Å²) in [7, 11) is 0. The van der Waals surface area contributed by atoms with Gasteiger partial charge in [0.1, 0.15) is 12.1 Å². The predicted octanol–water partition coefficient (Wildman–Crippen LogP) is 2.16. The van der Waals surface area contributed by atoms with Gasteiger partial charge in [-0.3, -0.25) is 0 Å². The fourth-order valence-electron chi connectivity index (χ4n) is 3.74. The third-order valence-corrected chi connectivity index (χ3v) is 4.88. The number of rotatable bonds is 2. The first-order valence-corrected chi connectivity index (χ1v) is 8.62. The van der Waals surface area contributed by atoms with E-state index in [9.17, 15) is 0 Å². The number of aromatic nitrogens is 4. The summed E-state index contributed by atoms with van der Waals surface area (Å²) in [4.78, 5) is 11.2. The van der Waals surface area contributed by atoms with Crippen LogP contribution in [-0.2, 0) is 9.47 Å². The highest BCUT2D eigenvalue weighted by atomic mass is 16.7. The maximum absolute atomic E-state index is 5.89. The summed E-state index contributed by atoms with van der Waals surface area (Å²) in [6.07, 6.45) is 5.39. The monoisotopic (exact) mass is 337 g/mol. The van der Waals surface area contributed by atoms with E-state index >= 15 is 0 Å². The van der Waals surface area contributed by atoms with E-state index in [-0.39, 0.29) is 0 Å². The Kier molecular flexibility index (Phi) is 3.43. The minimum Gasteiger partial charge on any atom is -0.350 e. The molecule has 0 radical (unpaired) electrons. The van der Waals surface area contributed by atoms with Crippen LogP contribution in [-0.4, -0.2) is 51.8 Å². The maximum Gasteiger partial charge on any atom is 0.186 e. The number of hydrogen-bond acceptors (Lipinski definition) is 6. The molecular formula is C18H19N5O2. The highest BCUT2D eigenvalue weighted by Gasteiger charge is 2.41. The van der Waals surface area contributed by atoms with E-state index in [1.165, 1.54) is 0 Å². The predicted molar refractivity (Wildman–Crippen MR) is 92.7 cm³/mol. The molecule has 0 N–H and O–H groups in total. The van der Waals surface area contributed by atoms with Gasteiger partial charge in [0.05, 0.1) is 37.0 Å². The summed E-state index contributed by atoms with van der Waals surface area (Å²) in [5, 5.41) is 5.48. The van der Waals surface area contributed by atoms with Crippen LogP contribution in [0.5, 0.6) is 0 Å². The van der Waals surface area contributed by atoms with Crippen LogP contribution >= 0.6 is 0 Å². The van der Waals surface area contributed by atoms with Gasteiger partial charge in [-0.05, 0) is 18.6 Å². The molecule has 0 bridgehead atoms. The molecule has 4 heterocycles. The average molecular weight is 337 g/mol. The van der Waals surface area contributed by atoms with Crippen molar-refractivity contribution in [3.63, 3.8) is 0 Å². The molecule has 0 atom stereocenters. The quantitative estimate of drug-likeness (QED) is 0.714. The van der Waals surface area contributed by atoms with Crippen LogP contribution in [0, 0.1) is 0 Å². The normalized spacial score (nSPS) is 19.8. The highest BCUT2D eigenvalue weighted by molar-refractivity contribution is 5.87. The van der Waals surface area contributed by atoms with E-state index in [0.29, 0.717) is 19.8 Å². The van der Waals surface area contributed by atoms with Gasteiger partial charge in [-0.15, -0.1) is 0 Å². The van der Waals surface area contributed by atoms with Crippen LogP contribution in [0.2, 0.25) is 0 Å². The van der Waals surface area contributed by atoms with Crippen molar-refractivity contribution in [3.8, 4) is 5.69 Å². The van der Waals surface area contributed by atoms with E-state index in [1.807, 2.05) is 41.2 Å². The first-order valence-electron chi connectivity index (χ1n) is 8.62. The Morgan fingerprint density at radius 2 is 1.88 bits per heavy atom. The third kappa shape index (κ3) is 2.47. The topological polar surface area (TPSA) is 65.3 Å². The molecular weight excluding hydrogens is 318 g/mol. The molecule has 128 valence electrons. The Hall–Kier alpha value is -2.51. The van der Waals surface area contributed by atoms with E-state index < -0.39 is 5.79 Å². The van der Waals surface area contributed by atoms with E-state index in [2.05, 4.69) is 20.0 Å². The molecule has 1 aromatic carbocycles. The minimum absolute atomic E-state index is 0.481. The molecule has 0 aliphatic carbocycles. The van der Waals surface area contributed by atoms with Gasteiger partial charge in [-0.1, -0.05) is 18.2 Å². The Morgan fingerprint density at radius 1 is 1.04 bits per heavy atom. The van der Waals surface area contributed by atoms with E-state index in [1.54, 1.807) is 6.33 Å². The van der Waals surface area contributed by atoms with Crippen molar-refractivity contribution in [1.82, 2.24) is 19.7 Å². The van der Waals surface area contributed by atoms with E-state index in [0.717, 1.165) is 41.9 Å². The summed E-state index contributed by atoms with van der Waals surface area (Å²) >= 11 is 0. The first-order chi connectivity index (χ1) is 12.3. The second-order valence-electron chi connectivity index (χ2n) is 6.46. The lowest BCUT2D eigenvalue weighted by Gasteiger charge is -2.39. The van der Waals surface area contributed by atoms with Crippen LogP contribution in [0.1, 0.15) is 12.8 Å². The number of benzene rings is 1. The lowest BCUT2D eigenvalue weighted by Crippen LogP contribution is -2.49. The Balaban J connectivity index is 1.55. The third-order valence-electron chi connectivity index (χ3n) is 4.88. The Morgan fingerprint density at radius 3 is 2.72 bits per heavy atom. The zero-order valence-corrected chi connectivity index (χ0v) is 13.8. The molecule has 3 aromatic rings. The fraction of sp³-hybridized carbons (Fsp3) is 0.389. The second kappa shape index (κ2) is 5.79. The smallest absolute Gasteiger partial charge is 0.186 e. The van der Waals surface area contributed by atoms with Gasteiger partial charge < -0.3 is 14.4 Å². The summed E-state index contributed by atoms with van der Waals surface area (Å²) in [5.41, 5.74) is 1.80. The largest absolute Gasteiger partial charge is 0.350 e. The summed E-state index contributed by atoms with van der Waals surface area (Å²) < 4.78 is 13.6. The summed E-state index contributed by atoms with van der Waals surface area (Å²) in [6, 6.07) is 10.0. The Bertz CT molecular complexity index is 889. The molecule has 2 fully saturated rings. The molecule has 2 aliphatic heterocycles. The van der Waals surface area contributed by atoms with Crippen molar-refractivity contribution >= 4 is 16.9 Å². The van der Waals surface area contributed by atoms with Gasteiger partial charge >= 0.3 is 0 Å². The molecule has 7 heteroatoms. The van der Waals surface area contributed by atoms with Crippen LogP contribution in [0.4, 0.5) is 5.82 Å². The molecule has 5 rings (SSSR count). The molecule has 2 aliphatic rings. The number of piperidine rings is 1. The summed E-state index contributed by atoms with van der Waals surface area (Å²) in [6.45, 7) is 2.95. The van der Waals surface area contributed by atoms with Gasteiger partial charge in [0.25, 0.3) is 0 Å². The number of fused-ring (bicyclic) bond motifs is 1. The number of ether oxygens (including phenoxy) is 2. The SMILES string of the molecule is c1ccc(-n2ncc3c(N4CCCC5(C4)OCCO5)ncnc32)cc1. The molecule has 7 nitrogen and oxygen atoms in total. The molecule has 0 unspecified atom stereocenters. The maximum atomic E-state index is 5.89. The second-order valence-corrected chi connectivity index (χ2v) is 6.46. The zero-order valence-electron chi connectivity index (χ0n) is 13.8. The lowest BCUT2D eigenvalue weighted by molar-refractivity contribution is -0.161. The molecule has 0 saturated carbocycles. The van der Waals surface area contributed by atoms with Crippen molar-refractivity contribution in [2.75, 3.05) is 31.2 Å². The Labute approximate surface area is 145 Å². The van der Waals surface area contributed by atoms with Crippen molar-refractivity contribution in [2.45, 2.75) is 18.6 Å². The van der Waals surface area contributed by atoms with Crippen LogP contribution in [0.3, 0.4) is 0 Å². The molecule has 2 aromatic heterocycles.